The Bertz CT molecular complexity index is 1090. The molecule has 0 aliphatic rings. The second kappa shape index (κ2) is 10.4. The maximum Gasteiger partial charge on any atom is 0.329 e. The van der Waals surface area contributed by atoms with Gasteiger partial charge in [-0.1, -0.05) is 47.5 Å². The third-order valence-corrected chi connectivity index (χ3v) is 4.65. The van der Waals surface area contributed by atoms with Crippen molar-refractivity contribution < 1.29 is 14.3 Å². The van der Waals surface area contributed by atoms with E-state index in [0.717, 1.165) is 16.9 Å². The number of rotatable bonds is 6. The van der Waals surface area contributed by atoms with Crippen LogP contribution in [-0.2, 0) is 16.2 Å². The first kappa shape index (κ1) is 22.1. The van der Waals surface area contributed by atoms with Crippen molar-refractivity contribution in [1.29, 1.82) is 0 Å². The van der Waals surface area contributed by atoms with Crippen LogP contribution < -0.4 is 15.5 Å². The van der Waals surface area contributed by atoms with Gasteiger partial charge in [0, 0.05) is 10.7 Å². The first-order valence-corrected chi connectivity index (χ1v) is 9.98. The molecule has 0 aliphatic carbocycles. The summed E-state index contributed by atoms with van der Waals surface area (Å²) in [5, 5.41) is 6.92. The van der Waals surface area contributed by atoms with Gasteiger partial charge in [0.2, 0.25) is 0 Å². The van der Waals surface area contributed by atoms with Crippen LogP contribution in [0.1, 0.15) is 23.6 Å². The van der Waals surface area contributed by atoms with Crippen LogP contribution >= 0.6 is 11.6 Å². The monoisotopic (exact) mass is 435 g/mol. The van der Waals surface area contributed by atoms with Crippen LogP contribution in [0.25, 0.3) is 0 Å². The van der Waals surface area contributed by atoms with Crippen molar-refractivity contribution in [2.24, 2.45) is 5.10 Å². The van der Waals surface area contributed by atoms with Crippen LogP contribution in [0.2, 0.25) is 5.02 Å². The second-order valence-electron chi connectivity index (χ2n) is 6.90. The van der Waals surface area contributed by atoms with Crippen LogP contribution in [0.3, 0.4) is 0 Å². The number of aryl methyl sites for hydroxylation is 1. The number of ether oxygens (including phenoxy) is 1. The summed E-state index contributed by atoms with van der Waals surface area (Å²) in [5.74, 6) is -0.988. The molecule has 7 heteroatoms. The molecule has 0 bridgehead atoms. The Morgan fingerprint density at radius 2 is 1.68 bits per heavy atom. The van der Waals surface area contributed by atoms with Crippen molar-refractivity contribution in [2.45, 2.75) is 20.5 Å². The summed E-state index contributed by atoms with van der Waals surface area (Å²) >= 11 is 5.86. The molecule has 3 rings (SSSR count). The molecule has 0 fully saturated rings. The molecule has 2 N–H and O–H groups in total. The van der Waals surface area contributed by atoms with Gasteiger partial charge in [0.25, 0.3) is 0 Å². The van der Waals surface area contributed by atoms with Crippen LogP contribution in [0, 0.1) is 6.92 Å². The molecule has 31 heavy (non-hydrogen) atoms. The largest absolute Gasteiger partial charge is 0.489 e. The molecule has 0 saturated carbocycles. The molecule has 0 aromatic heterocycles. The Morgan fingerprint density at radius 1 is 0.968 bits per heavy atom. The van der Waals surface area contributed by atoms with Crippen LogP contribution in [0.15, 0.2) is 77.9 Å². The van der Waals surface area contributed by atoms with Gasteiger partial charge in [-0.25, -0.2) is 5.43 Å². The topological polar surface area (TPSA) is 79.8 Å². The van der Waals surface area contributed by atoms with E-state index in [4.69, 9.17) is 16.3 Å². The number of hydrogen-bond donors (Lipinski definition) is 2. The minimum absolute atomic E-state index is 0.426. The van der Waals surface area contributed by atoms with Gasteiger partial charge in [-0.2, -0.15) is 5.10 Å². The fourth-order valence-electron chi connectivity index (χ4n) is 2.65. The Kier molecular flexibility index (Phi) is 7.40. The van der Waals surface area contributed by atoms with E-state index >= 15 is 0 Å². The molecule has 0 aliphatic heterocycles. The van der Waals surface area contributed by atoms with Gasteiger partial charge >= 0.3 is 11.8 Å². The molecule has 6 nitrogen and oxygen atoms in total. The Balaban J connectivity index is 1.52. The van der Waals surface area contributed by atoms with E-state index in [1.165, 1.54) is 5.56 Å². The SMILES string of the molecule is C/C(=N\NC(=O)C(=O)Nc1cccc(Cl)c1)c1ccc(OCc2ccc(C)cc2)cc1. The number of nitrogens with zero attached hydrogens (tertiary/aromatic N) is 1. The van der Waals surface area contributed by atoms with E-state index < -0.39 is 11.8 Å². The molecule has 0 radical (unpaired) electrons. The number of halogens is 1. The number of carbonyl (C=O) groups is 2. The van der Waals surface area contributed by atoms with Gasteiger partial charge in [-0.05, 0) is 67.4 Å². The summed E-state index contributed by atoms with van der Waals surface area (Å²) < 4.78 is 5.79. The number of anilines is 1. The highest BCUT2D eigenvalue weighted by molar-refractivity contribution is 6.39. The van der Waals surface area contributed by atoms with Crippen molar-refractivity contribution in [3.63, 3.8) is 0 Å². The van der Waals surface area contributed by atoms with Crippen LogP contribution in [0.4, 0.5) is 5.69 Å². The van der Waals surface area contributed by atoms with Crippen molar-refractivity contribution in [2.75, 3.05) is 5.32 Å². The number of nitrogens with one attached hydrogen (secondary N) is 2. The number of hydrogen-bond acceptors (Lipinski definition) is 4. The van der Waals surface area contributed by atoms with E-state index in [-0.39, 0.29) is 0 Å². The Hall–Kier alpha value is -3.64. The molecular formula is C24H22ClN3O3. The third-order valence-electron chi connectivity index (χ3n) is 4.41. The zero-order valence-electron chi connectivity index (χ0n) is 17.2. The fraction of sp³-hybridized carbons (Fsp3) is 0.125. The molecule has 0 heterocycles. The summed E-state index contributed by atoms with van der Waals surface area (Å²) in [6.45, 7) is 4.25. The molecule has 3 aromatic rings. The van der Waals surface area contributed by atoms with Crippen molar-refractivity contribution in [1.82, 2.24) is 5.43 Å². The highest BCUT2D eigenvalue weighted by atomic mass is 35.5. The highest BCUT2D eigenvalue weighted by Crippen LogP contribution is 2.16. The lowest BCUT2D eigenvalue weighted by atomic mass is 10.1. The molecule has 0 spiro atoms. The maximum atomic E-state index is 12.0. The molecule has 0 unspecified atom stereocenters. The lowest BCUT2D eigenvalue weighted by Gasteiger charge is -2.08. The Labute approximate surface area is 185 Å². The van der Waals surface area contributed by atoms with Crippen molar-refractivity contribution in [3.05, 3.63) is 94.5 Å². The lowest BCUT2D eigenvalue weighted by Crippen LogP contribution is -2.32. The smallest absolute Gasteiger partial charge is 0.329 e. The standard InChI is InChI=1S/C24H22ClN3O3/c1-16-6-8-18(9-7-16)15-31-22-12-10-19(11-13-22)17(2)27-28-24(30)23(29)26-21-5-3-4-20(25)14-21/h3-14H,15H2,1-2H3,(H,26,29)(H,28,30)/b27-17+. The normalized spacial score (nSPS) is 11.0. The van der Waals surface area contributed by atoms with Crippen molar-refractivity contribution in [3.8, 4) is 5.75 Å². The first-order valence-electron chi connectivity index (χ1n) is 9.60. The number of hydrazone groups is 1. The van der Waals surface area contributed by atoms with Crippen molar-refractivity contribution >= 4 is 34.8 Å². The average Bonchev–Trinajstić information content (AvgIpc) is 2.77. The molecule has 2 amide bonds. The first-order chi connectivity index (χ1) is 14.9. The quantitative estimate of drug-likeness (QED) is 0.334. The van der Waals surface area contributed by atoms with Crippen LogP contribution in [0.5, 0.6) is 5.75 Å². The zero-order valence-corrected chi connectivity index (χ0v) is 17.9. The summed E-state index contributed by atoms with van der Waals surface area (Å²) in [6.07, 6.45) is 0. The molecule has 0 saturated heterocycles. The Morgan fingerprint density at radius 3 is 2.35 bits per heavy atom. The highest BCUT2D eigenvalue weighted by Gasteiger charge is 2.13. The maximum absolute atomic E-state index is 12.0. The number of benzene rings is 3. The predicted octanol–water partition coefficient (Wildman–Crippen LogP) is 4.71. The minimum Gasteiger partial charge on any atom is -0.489 e. The third kappa shape index (κ3) is 6.69. The van der Waals surface area contributed by atoms with E-state index in [9.17, 15) is 9.59 Å². The minimum atomic E-state index is -0.877. The van der Waals surface area contributed by atoms with E-state index in [1.54, 1.807) is 31.2 Å². The summed E-state index contributed by atoms with van der Waals surface area (Å²) in [6, 6.07) is 22.0. The van der Waals surface area contributed by atoms with Gasteiger partial charge < -0.3 is 10.1 Å². The van der Waals surface area contributed by atoms with Gasteiger partial charge in [0.1, 0.15) is 12.4 Å². The van der Waals surface area contributed by atoms with Gasteiger partial charge in [0.05, 0.1) is 5.71 Å². The second-order valence-corrected chi connectivity index (χ2v) is 7.34. The van der Waals surface area contributed by atoms with Gasteiger partial charge in [-0.3, -0.25) is 9.59 Å². The number of carbonyl (C=O) groups excluding carboxylic acids is 2. The summed E-state index contributed by atoms with van der Waals surface area (Å²) in [4.78, 5) is 24.0. The fourth-order valence-corrected chi connectivity index (χ4v) is 2.84. The summed E-state index contributed by atoms with van der Waals surface area (Å²) in [7, 11) is 0. The summed E-state index contributed by atoms with van der Waals surface area (Å²) in [5.41, 5.74) is 6.31. The molecule has 0 atom stereocenters. The van der Waals surface area contributed by atoms with Crippen LogP contribution in [-0.4, -0.2) is 17.5 Å². The lowest BCUT2D eigenvalue weighted by molar-refractivity contribution is -0.136. The van der Waals surface area contributed by atoms with E-state index in [0.29, 0.717) is 23.0 Å². The molecule has 158 valence electrons. The zero-order chi connectivity index (χ0) is 22.2. The van der Waals surface area contributed by atoms with E-state index in [1.807, 2.05) is 55.5 Å². The predicted molar refractivity (Wildman–Crippen MR) is 122 cm³/mol. The molecule has 3 aromatic carbocycles. The molecular weight excluding hydrogens is 414 g/mol. The van der Waals surface area contributed by atoms with E-state index in [2.05, 4.69) is 15.8 Å². The van der Waals surface area contributed by atoms with Gasteiger partial charge in [0.15, 0.2) is 0 Å². The van der Waals surface area contributed by atoms with Gasteiger partial charge in [-0.15, -0.1) is 0 Å². The average molecular weight is 436 g/mol. The number of amides is 2.